The van der Waals surface area contributed by atoms with Crippen molar-refractivity contribution < 1.29 is 4.57 Å². The third-order valence-electron chi connectivity index (χ3n) is 21.4. The summed E-state index contributed by atoms with van der Waals surface area (Å²) in [4.78, 5) is 0. The monoisotopic (exact) mass is 1300 g/mol. The molecule has 0 heterocycles. The maximum absolute atomic E-state index is 19.5. The van der Waals surface area contributed by atoms with E-state index in [1.165, 1.54) is 364 Å². The smallest absolute Gasteiger partial charge is 0.138 e. The van der Waals surface area contributed by atoms with Gasteiger partial charge in [-0.25, -0.2) is 0 Å². The predicted molar refractivity (Wildman–Crippen MR) is 421 cm³/mol. The molecule has 1 nitrogen and oxygen atoms in total. The van der Waals surface area contributed by atoms with Gasteiger partial charge < -0.3 is 4.57 Å². The van der Waals surface area contributed by atoms with Crippen molar-refractivity contribution in [2.45, 2.75) is 400 Å². The Morgan fingerprint density at radius 3 is 0.649 bits per heavy atom. The highest BCUT2D eigenvalue weighted by Crippen LogP contribution is 2.73. The number of unbranched alkanes of at least 4 members (excludes halogenated alkanes) is 42. The molecule has 2 atom stereocenters. The van der Waals surface area contributed by atoms with Crippen molar-refractivity contribution in [3.63, 3.8) is 0 Å². The van der Waals surface area contributed by atoms with E-state index >= 15 is 4.57 Å². The Balaban J connectivity index is 1.82. The zero-order chi connectivity index (χ0) is 66.6. The third kappa shape index (κ3) is 31.5. The van der Waals surface area contributed by atoms with Gasteiger partial charge in [-0.05, 0) is 133 Å². The van der Waals surface area contributed by atoms with Gasteiger partial charge in [0.1, 0.15) is 7.14 Å². The second kappa shape index (κ2) is 53.3. The number of hydrogen-bond donors (Lipinski definition) is 0. The second-order valence-corrected chi connectivity index (χ2v) is 32.6. The lowest BCUT2D eigenvalue weighted by atomic mass is 9.86. The normalized spacial score (nSPS) is 13.0. The molecule has 2 unspecified atom stereocenters. The average Bonchev–Trinajstić information content (AvgIpc) is 0.721. The van der Waals surface area contributed by atoms with Gasteiger partial charge in [0, 0.05) is 5.30 Å². The van der Waals surface area contributed by atoms with E-state index < -0.39 is 7.14 Å². The minimum atomic E-state index is -3.64. The molecular formula is C92H147OP. The third-order valence-corrected chi connectivity index (χ3v) is 25.1. The van der Waals surface area contributed by atoms with Crippen LogP contribution in [-0.2, 0) is 43.1 Å². The summed E-state index contributed by atoms with van der Waals surface area (Å²) in [5.74, 6) is 0. The summed E-state index contributed by atoms with van der Waals surface area (Å²) in [5, 5.41) is 1.05. The molecule has 0 aliphatic heterocycles. The van der Waals surface area contributed by atoms with Crippen molar-refractivity contribution >= 4 is 12.4 Å². The largest absolute Gasteiger partial charge is 0.317 e. The van der Waals surface area contributed by atoms with Crippen LogP contribution in [0.3, 0.4) is 0 Å². The maximum atomic E-state index is 19.5. The molecule has 5 rings (SSSR count). The van der Waals surface area contributed by atoms with Crippen LogP contribution in [0.2, 0.25) is 0 Å². The molecule has 0 aromatic heterocycles. The molecular weight excluding hydrogens is 1150 g/mol. The lowest BCUT2D eigenvalue weighted by molar-refractivity contribution is 0.564. The molecule has 0 aliphatic carbocycles. The Morgan fingerprint density at radius 2 is 0.426 bits per heavy atom. The average molecular weight is 1300 g/mol. The van der Waals surface area contributed by atoms with E-state index in [9.17, 15) is 0 Å². The van der Waals surface area contributed by atoms with Crippen LogP contribution in [0.5, 0.6) is 0 Å². The molecule has 0 spiro atoms. The SMILES string of the molecule is CCCCCCCCCCc1cc(CCCCCCCCCC)c(C(c2ccccc2)P(=O)(c2ccccc2)C(c2ccccc2)c2c(CCCCCCCCCC)cc(CCCCCCCCCC)cc2CCCCCCCCCC)c(CCCCCCCCCC)c1. The Morgan fingerprint density at radius 1 is 0.234 bits per heavy atom. The maximum Gasteiger partial charge on any atom is 0.138 e. The molecule has 0 saturated heterocycles. The Bertz CT molecular complexity index is 2370. The summed E-state index contributed by atoms with van der Waals surface area (Å²) in [5.41, 5.74) is 13.8. The van der Waals surface area contributed by atoms with E-state index in [1.54, 1.807) is 0 Å². The highest BCUT2D eigenvalue weighted by atomic mass is 31.2. The summed E-state index contributed by atoms with van der Waals surface area (Å²) >= 11 is 0. The van der Waals surface area contributed by atoms with Gasteiger partial charge in [-0.3, -0.25) is 0 Å². The molecule has 526 valence electrons. The molecule has 0 radical (unpaired) electrons. The zero-order valence-corrected chi connectivity index (χ0v) is 63.6. The van der Waals surface area contributed by atoms with Crippen molar-refractivity contribution in [3.8, 4) is 0 Å². The number of aryl methyl sites for hydroxylation is 6. The molecule has 5 aromatic rings. The minimum absolute atomic E-state index is 0.324. The molecule has 94 heavy (non-hydrogen) atoms. The Kier molecular flexibility index (Phi) is 46.0. The number of hydrogen-bond acceptors (Lipinski definition) is 1. The van der Waals surface area contributed by atoms with E-state index in [2.05, 4.69) is 157 Å². The zero-order valence-electron chi connectivity index (χ0n) is 62.7. The first-order valence-corrected chi connectivity index (χ1v) is 43.3. The highest BCUT2D eigenvalue weighted by Gasteiger charge is 2.48. The molecule has 0 amide bonds. The van der Waals surface area contributed by atoms with Crippen LogP contribution < -0.4 is 5.30 Å². The molecule has 0 fully saturated rings. The van der Waals surface area contributed by atoms with Gasteiger partial charge in [-0.1, -0.05) is 426 Å². The van der Waals surface area contributed by atoms with Crippen molar-refractivity contribution in [2.75, 3.05) is 0 Å². The number of rotatable bonds is 61. The summed E-state index contributed by atoms with van der Waals surface area (Å²) < 4.78 is 19.5. The first-order valence-electron chi connectivity index (χ1n) is 41.5. The van der Waals surface area contributed by atoms with Crippen LogP contribution >= 0.6 is 7.14 Å². The quantitative estimate of drug-likeness (QED) is 0.0280. The van der Waals surface area contributed by atoms with Gasteiger partial charge in [-0.2, -0.15) is 0 Å². The van der Waals surface area contributed by atoms with Crippen LogP contribution in [0.4, 0.5) is 0 Å². The molecule has 0 bridgehead atoms. The van der Waals surface area contributed by atoms with Crippen LogP contribution in [0.15, 0.2) is 115 Å². The van der Waals surface area contributed by atoms with Gasteiger partial charge in [0.25, 0.3) is 0 Å². The van der Waals surface area contributed by atoms with Gasteiger partial charge in [0.2, 0.25) is 0 Å². The van der Waals surface area contributed by atoms with Crippen LogP contribution in [-0.4, -0.2) is 0 Å². The molecule has 0 saturated carbocycles. The lowest BCUT2D eigenvalue weighted by Gasteiger charge is -2.40. The van der Waals surface area contributed by atoms with Gasteiger partial charge in [0.15, 0.2) is 0 Å². The van der Waals surface area contributed by atoms with Crippen molar-refractivity contribution in [2.24, 2.45) is 0 Å². The Labute approximate surface area is 584 Å². The van der Waals surface area contributed by atoms with E-state index in [0.717, 1.165) is 43.8 Å². The van der Waals surface area contributed by atoms with E-state index in [-0.39, 0.29) is 11.3 Å². The number of benzene rings is 5. The standard InChI is InChI=1S/C92H147OP/c1-7-13-19-25-31-37-43-52-64-80-76-84(70-54-45-39-33-27-21-15-9-3)89(85(77-80)71-55-46-40-34-28-22-16-10-4)91(82-66-58-49-59-67-82)94(93,88-74-62-51-63-75-88)92(83-68-60-50-61-69-83)90-86(72-56-47-41-35-29-23-17-11-5)78-81(65-53-44-38-32-26-20-14-8-2)79-87(90)73-57-48-42-36-30-24-18-12-6/h49-51,58-63,66-69,74-79,91-92H,7-48,52-57,64-65,70-73H2,1-6H3. The van der Waals surface area contributed by atoms with Crippen LogP contribution in [0.1, 0.15) is 417 Å². The topological polar surface area (TPSA) is 17.1 Å². The lowest BCUT2D eigenvalue weighted by Crippen LogP contribution is -2.24. The van der Waals surface area contributed by atoms with Crippen LogP contribution in [0.25, 0.3) is 0 Å². The van der Waals surface area contributed by atoms with Crippen LogP contribution in [0, 0.1) is 0 Å². The fourth-order valence-corrected chi connectivity index (χ4v) is 20.0. The molecule has 2 heteroatoms. The van der Waals surface area contributed by atoms with Crippen molar-refractivity contribution in [1.29, 1.82) is 0 Å². The predicted octanol–water partition coefficient (Wildman–Crippen LogP) is 30.4. The first kappa shape index (κ1) is 81.0. The minimum Gasteiger partial charge on any atom is -0.317 e. The van der Waals surface area contributed by atoms with E-state index in [0.29, 0.717) is 0 Å². The summed E-state index contributed by atoms with van der Waals surface area (Å²) in [6, 6.07) is 45.3. The Hall–Kier alpha value is -3.67. The fraction of sp³-hybridized carbons (Fsp3) is 0.674. The van der Waals surface area contributed by atoms with E-state index in [4.69, 9.17) is 0 Å². The molecule has 0 N–H and O–H groups in total. The molecule has 0 aliphatic rings. The first-order chi connectivity index (χ1) is 46.4. The molecule has 5 aromatic carbocycles. The van der Waals surface area contributed by atoms with Crippen molar-refractivity contribution in [3.05, 3.63) is 171 Å². The van der Waals surface area contributed by atoms with Crippen molar-refractivity contribution in [1.82, 2.24) is 0 Å². The van der Waals surface area contributed by atoms with Gasteiger partial charge in [0.05, 0.1) is 11.3 Å². The van der Waals surface area contributed by atoms with Gasteiger partial charge in [-0.15, -0.1) is 0 Å². The second-order valence-electron chi connectivity index (χ2n) is 29.7. The fourth-order valence-electron chi connectivity index (χ4n) is 15.8. The highest BCUT2D eigenvalue weighted by molar-refractivity contribution is 7.72. The summed E-state index contributed by atoms with van der Waals surface area (Å²) in [6.45, 7) is 14.0. The summed E-state index contributed by atoms with van der Waals surface area (Å²) in [6.07, 6.45) is 69.8. The van der Waals surface area contributed by atoms with E-state index in [1.807, 2.05) is 0 Å². The summed E-state index contributed by atoms with van der Waals surface area (Å²) in [7, 11) is -3.64. The van der Waals surface area contributed by atoms with Gasteiger partial charge >= 0.3 is 0 Å².